The van der Waals surface area contributed by atoms with Gasteiger partial charge in [0, 0.05) is 74.0 Å². The number of hydrogen-bond donors (Lipinski definition) is 0. The van der Waals surface area contributed by atoms with Gasteiger partial charge in [0.15, 0.2) is 11.6 Å². The maximum absolute atomic E-state index is 5.50. The van der Waals surface area contributed by atoms with E-state index >= 15 is 0 Å². The molecule has 17 aromatic carbocycles. The summed E-state index contributed by atoms with van der Waals surface area (Å²) in [5.41, 5.74) is 24.5. The number of fused-ring (bicyclic) bond motifs is 9. The number of aromatic nitrogens is 6. The SMILES string of the molecule is c1ccc(-c2nc(-c3ccc(-c4cnc(-c5cccc(-c6nc(-c7ccc(-c8c9ccccc9c(-c9ccccc9)c9c8ccc8ccccc89)cc7)cc(-c7ccccc7-c7cccnc7)n6)c5)c5ccccc45)cc3)cc(-c3ccc(-c4c5ccccc5c(-c5ccccc5)c5c4ccc4ccccc45)cc3)n2)cc1. The standard InChI is InChI=1S/C106H66N6/c1-4-26-73(27-5-1)100-88-42-19-17-40-86(88)98(91-59-57-67-24-10-12-36-82(67)102(91)100)75-53-49-71(50-54-75)95-63-94(109-105(110-95)77-30-8-3-9-31-77)70-47-45-69(46-48-70)93-66-108-104(90-44-21-15-38-84(90)93)78-32-22-33-79(62-78)106-111-96(64-97(112-106)85-39-16-14-35-81(85)80-34-23-61-107-65-80)72-51-55-76(56-52-72)99-87-41-18-20-43-89(87)101(74-28-6-2-7-29-74)103-83-37-13-11-25-68(83)58-60-92(99)103/h1-66H. The maximum atomic E-state index is 5.50. The number of rotatable bonds is 13. The third-order valence-electron chi connectivity index (χ3n) is 22.2. The summed E-state index contributed by atoms with van der Waals surface area (Å²) in [6.07, 6.45) is 5.74. The summed E-state index contributed by atoms with van der Waals surface area (Å²) in [5, 5.41) is 16.8. The molecule has 6 heteroatoms. The average Bonchev–Trinajstić information content (AvgIpc) is 0.724. The predicted octanol–water partition coefficient (Wildman–Crippen LogP) is 27.8. The van der Waals surface area contributed by atoms with Crippen LogP contribution in [0.15, 0.2) is 401 Å². The third kappa shape index (κ3) is 11.5. The van der Waals surface area contributed by atoms with Crippen LogP contribution in [0.5, 0.6) is 0 Å². The molecule has 112 heavy (non-hydrogen) atoms. The molecule has 0 aliphatic rings. The zero-order chi connectivity index (χ0) is 74.0. The fourth-order valence-electron chi connectivity index (χ4n) is 17.0. The summed E-state index contributed by atoms with van der Waals surface area (Å²) in [4.78, 5) is 31.5. The molecule has 21 aromatic rings. The Balaban J connectivity index is 0.629. The fraction of sp³-hybridized carbons (Fsp3) is 0. The second kappa shape index (κ2) is 27.7. The Morgan fingerprint density at radius 3 is 1.07 bits per heavy atom. The Labute approximate surface area is 647 Å². The summed E-state index contributed by atoms with van der Waals surface area (Å²) in [5.74, 6) is 1.26. The smallest absolute Gasteiger partial charge is 0.160 e. The molecule has 0 aliphatic heterocycles. The van der Waals surface area contributed by atoms with Gasteiger partial charge in [-0.2, -0.15) is 0 Å². The van der Waals surface area contributed by atoms with Crippen molar-refractivity contribution < 1.29 is 0 Å². The maximum Gasteiger partial charge on any atom is 0.160 e. The molecule has 0 radical (unpaired) electrons. The first-order chi connectivity index (χ1) is 55.5. The van der Waals surface area contributed by atoms with Crippen molar-refractivity contribution in [2.45, 2.75) is 0 Å². The highest BCUT2D eigenvalue weighted by molar-refractivity contribution is 6.29. The van der Waals surface area contributed by atoms with Gasteiger partial charge in [0.05, 0.1) is 28.5 Å². The number of pyridine rings is 2. The van der Waals surface area contributed by atoms with E-state index in [1.165, 1.54) is 98.0 Å². The van der Waals surface area contributed by atoms with E-state index in [-0.39, 0.29) is 0 Å². The van der Waals surface area contributed by atoms with Crippen LogP contribution in [0.3, 0.4) is 0 Å². The molecule has 0 saturated carbocycles. The zero-order valence-electron chi connectivity index (χ0n) is 60.8. The van der Waals surface area contributed by atoms with Crippen LogP contribution in [0.1, 0.15) is 0 Å². The lowest BCUT2D eigenvalue weighted by Gasteiger charge is -2.19. The van der Waals surface area contributed by atoms with Crippen LogP contribution in [0.25, 0.3) is 221 Å². The van der Waals surface area contributed by atoms with Crippen molar-refractivity contribution in [1.29, 1.82) is 0 Å². The van der Waals surface area contributed by atoms with Gasteiger partial charge in [0.25, 0.3) is 0 Å². The van der Waals surface area contributed by atoms with Gasteiger partial charge in [0.1, 0.15) is 0 Å². The number of hydrogen-bond acceptors (Lipinski definition) is 6. The Kier molecular flexibility index (Phi) is 16.1. The van der Waals surface area contributed by atoms with E-state index in [0.717, 1.165) is 112 Å². The molecule has 4 aromatic heterocycles. The van der Waals surface area contributed by atoms with Gasteiger partial charge in [0.2, 0.25) is 0 Å². The molecule has 0 N–H and O–H groups in total. The predicted molar refractivity (Wildman–Crippen MR) is 466 cm³/mol. The van der Waals surface area contributed by atoms with Gasteiger partial charge in [-0.15, -0.1) is 0 Å². The Hall–Kier alpha value is -15.0. The van der Waals surface area contributed by atoms with Crippen LogP contribution < -0.4 is 0 Å². The highest BCUT2D eigenvalue weighted by Gasteiger charge is 2.24. The van der Waals surface area contributed by atoms with Crippen molar-refractivity contribution in [3.8, 4) is 146 Å². The van der Waals surface area contributed by atoms with Gasteiger partial charge in [-0.05, 0) is 150 Å². The minimum atomic E-state index is 0.600. The van der Waals surface area contributed by atoms with Crippen molar-refractivity contribution in [3.63, 3.8) is 0 Å². The van der Waals surface area contributed by atoms with Crippen LogP contribution in [-0.4, -0.2) is 29.9 Å². The van der Waals surface area contributed by atoms with Crippen LogP contribution >= 0.6 is 0 Å². The molecular weight excluding hydrogens is 1360 g/mol. The topological polar surface area (TPSA) is 77.3 Å². The minimum Gasteiger partial charge on any atom is -0.264 e. The lowest BCUT2D eigenvalue weighted by Crippen LogP contribution is -1.98. The molecule has 520 valence electrons. The van der Waals surface area contributed by atoms with Crippen molar-refractivity contribution in [1.82, 2.24) is 29.9 Å². The molecule has 0 aliphatic carbocycles. The largest absolute Gasteiger partial charge is 0.264 e. The summed E-state index contributed by atoms with van der Waals surface area (Å²) in [6.45, 7) is 0. The molecule has 21 rings (SSSR count). The van der Waals surface area contributed by atoms with Gasteiger partial charge in [-0.25, -0.2) is 19.9 Å². The van der Waals surface area contributed by atoms with Gasteiger partial charge >= 0.3 is 0 Å². The first-order valence-corrected chi connectivity index (χ1v) is 38.0. The summed E-state index contributed by atoms with van der Waals surface area (Å²) in [7, 11) is 0. The minimum absolute atomic E-state index is 0.600. The van der Waals surface area contributed by atoms with E-state index in [9.17, 15) is 0 Å². The highest BCUT2D eigenvalue weighted by atomic mass is 14.9. The molecule has 6 nitrogen and oxygen atoms in total. The Morgan fingerprint density at radius 2 is 0.554 bits per heavy atom. The fourth-order valence-corrected chi connectivity index (χ4v) is 17.0. The van der Waals surface area contributed by atoms with E-state index in [1.807, 2.05) is 42.9 Å². The van der Waals surface area contributed by atoms with Crippen molar-refractivity contribution in [2.75, 3.05) is 0 Å². The monoisotopic (exact) mass is 1420 g/mol. The van der Waals surface area contributed by atoms with E-state index in [0.29, 0.717) is 11.6 Å². The van der Waals surface area contributed by atoms with Crippen molar-refractivity contribution in [3.05, 3.63) is 401 Å². The van der Waals surface area contributed by atoms with E-state index in [4.69, 9.17) is 24.9 Å². The summed E-state index contributed by atoms with van der Waals surface area (Å²) < 4.78 is 0. The molecular formula is C106H66N6. The normalized spacial score (nSPS) is 11.6. The second-order valence-corrected chi connectivity index (χ2v) is 28.7. The molecule has 0 saturated heterocycles. The van der Waals surface area contributed by atoms with Gasteiger partial charge in [-0.3, -0.25) is 9.97 Å². The average molecular weight is 1420 g/mol. The molecule has 0 bridgehead atoms. The highest BCUT2D eigenvalue weighted by Crippen LogP contribution is 2.50. The van der Waals surface area contributed by atoms with E-state index in [2.05, 4.69) is 363 Å². The molecule has 0 unspecified atom stereocenters. The first kappa shape index (κ1) is 65.3. The van der Waals surface area contributed by atoms with Crippen molar-refractivity contribution >= 4 is 75.4 Å². The summed E-state index contributed by atoms with van der Waals surface area (Å²) >= 11 is 0. The third-order valence-corrected chi connectivity index (χ3v) is 22.2. The molecule has 0 fully saturated rings. The summed E-state index contributed by atoms with van der Waals surface area (Å²) in [6, 6.07) is 137. The Morgan fingerprint density at radius 1 is 0.179 bits per heavy atom. The first-order valence-electron chi connectivity index (χ1n) is 38.0. The molecule has 0 amide bonds. The quantitative estimate of drug-likeness (QED) is 0.0846. The van der Waals surface area contributed by atoms with Gasteiger partial charge < -0.3 is 0 Å². The van der Waals surface area contributed by atoms with Crippen LogP contribution in [0.4, 0.5) is 0 Å². The van der Waals surface area contributed by atoms with Crippen LogP contribution in [-0.2, 0) is 0 Å². The van der Waals surface area contributed by atoms with E-state index in [1.54, 1.807) is 0 Å². The Bertz CT molecular complexity index is 7250. The zero-order valence-corrected chi connectivity index (χ0v) is 60.8. The van der Waals surface area contributed by atoms with Gasteiger partial charge in [-0.1, -0.05) is 358 Å². The van der Waals surface area contributed by atoms with Crippen molar-refractivity contribution in [2.24, 2.45) is 0 Å². The lowest BCUT2D eigenvalue weighted by molar-refractivity contribution is 1.18. The van der Waals surface area contributed by atoms with Crippen LogP contribution in [0.2, 0.25) is 0 Å². The number of nitrogens with zero attached hydrogens (tertiary/aromatic N) is 6. The molecule has 0 spiro atoms. The lowest BCUT2D eigenvalue weighted by atomic mass is 9.84. The van der Waals surface area contributed by atoms with E-state index < -0.39 is 0 Å². The number of benzene rings is 17. The second-order valence-electron chi connectivity index (χ2n) is 28.7. The molecule has 4 heterocycles. The molecule has 0 atom stereocenters. The van der Waals surface area contributed by atoms with Crippen LogP contribution in [0, 0.1) is 0 Å².